The Balaban J connectivity index is 1.70. The fourth-order valence-corrected chi connectivity index (χ4v) is 2.62. The molecule has 1 amide bonds. The van der Waals surface area contributed by atoms with E-state index in [1.165, 1.54) is 0 Å². The molecule has 0 saturated heterocycles. The number of fused-ring (bicyclic) bond motifs is 1. The van der Waals surface area contributed by atoms with Gasteiger partial charge in [-0.05, 0) is 53.6 Å². The van der Waals surface area contributed by atoms with E-state index in [0.717, 1.165) is 16.5 Å². The van der Waals surface area contributed by atoms with Crippen LogP contribution in [0.3, 0.4) is 0 Å². The van der Waals surface area contributed by atoms with E-state index in [0.29, 0.717) is 17.9 Å². The Morgan fingerprint density at radius 2 is 1.64 bits per heavy atom. The summed E-state index contributed by atoms with van der Waals surface area (Å²) in [5.41, 5.74) is 0.714. The highest BCUT2D eigenvalue weighted by Crippen LogP contribution is 2.22. The molecule has 0 radical (unpaired) electrons. The molecule has 0 aliphatic heterocycles. The highest BCUT2D eigenvalue weighted by Gasteiger charge is 2.18. The Bertz CT molecular complexity index is 858. The zero-order chi connectivity index (χ0) is 17.6. The maximum atomic E-state index is 12.5. The van der Waals surface area contributed by atoms with Crippen molar-refractivity contribution in [3.8, 4) is 11.5 Å². The molecule has 25 heavy (non-hydrogen) atoms. The highest BCUT2D eigenvalue weighted by molar-refractivity contribution is 5.94. The molecule has 0 aromatic heterocycles. The summed E-state index contributed by atoms with van der Waals surface area (Å²) >= 11 is 0. The number of anilines is 1. The van der Waals surface area contributed by atoms with Crippen LogP contribution >= 0.6 is 0 Å². The number of methoxy groups -OCH3 is 1. The standard InChI is InChI=1S/C21H21NO3/c1-3-20(21(23)22-17-9-12-18(24-2)13-10-17)25-19-11-8-15-6-4-5-7-16(15)14-19/h4-14,20H,3H2,1-2H3,(H,22,23). The van der Waals surface area contributed by atoms with Gasteiger partial charge in [0, 0.05) is 5.69 Å². The first-order chi connectivity index (χ1) is 12.2. The van der Waals surface area contributed by atoms with Gasteiger partial charge in [0.05, 0.1) is 7.11 Å². The predicted molar refractivity (Wildman–Crippen MR) is 100 cm³/mol. The van der Waals surface area contributed by atoms with Crippen molar-refractivity contribution in [1.29, 1.82) is 0 Å². The fourth-order valence-electron chi connectivity index (χ4n) is 2.62. The lowest BCUT2D eigenvalue weighted by Crippen LogP contribution is -2.32. The maximum absolute atomic E-state index is 12.5. The van der Waals surface area contributed by atoms with Crippen molar-refractivity contribution in [3.63, 3.8) is 0 Å². The first kappa shape index (κ1) is 16.8. The Labute approximate surface area is 147 Å². The number of hydrogen-bond donors (Lipinski definition) is 1. The summed E-state index contributed by atoms with van der Waals surface area (Å²) in [5, 5.41) is 5.11. The van der Waals surface area contributed by atoms with E-state index in [1.54, 1.807) is 31.4 Å². The minimum atomic E-state index is -0.553. The molecular formula is C21H21NO3. The average Bonchev–Trinajstić information content (AvgIpc) is 2.66. The van der Waals surface area contributed by atoms with Crippen LogP contribution in [0.2, 0.25) is 0 Å². The highest BCUT2D eigenvalue weighted by atomic mass is 16.5. The van der Waals surface area contributed by atoms with Gasteiger partial charge in [-0.15, -0.1) is 0 Å². The van der Waals surface area contributed by atoms with Crippen molar-refractivity contribution in [2.75, 3.05) is 12.4 Å². The first-order valence-electron chi connectivity index (χ1n) is 8.30. The summed E-state index contributed by atoms with van der Waals surface area (Å²) in [4.78, 5) is 12.5. The third kappa shape index (κ3) is 4.10. The maximum Gasteiger partial charge on any atom is 0.265 e. The van der Waals surface area contributed by atoms with Crippen molar-refractivity contribution < 1.29 is 14.3 Å². The first-order valence-corrected chi connectivity index (χ1v) is 8.30. The summed E-state index contributed by atoms with van der Waals surface area (Å²) in [6.45, 7) is 1.93. The van der Waals surface area contributed by atoms with Gasteiger partial charge in [0.2, 0.25) is 0 Å². The number of amides is 1. The van der Waals surface area contributed by atoms with Gasteiger partial charge >= 0.3 is 0 Å². The lowest BCUT2D eigenvalue weighted by Gasteiger charge is -2.18. The number of nitrogens with one attached hydrogen (secondary N) is 1. The van der Waals surface area contributed by atoms with Gasteiger partial charge < -0.3 is 14.8 Å². The quantitative estimate of drug-likeness (QED) is 0.713. The van der Waals surface area contributed by atoms with Crippen molar-refractivity contribution in [3.05, 3.63) is 66.7 Å². The number of rotatable bonds is 6. The smallest absolute Gasteiger partial charge is 0.265 e. The summed E-state index contributed by atoms with van der Waals surface area (Å²) < 4.78 is 11.0. The minimum Gasteiger partial charge on any atom is -0.497 e. The molecule has 3 aromatic carbocycles. The SMILES string of the molecule is CCC(Oc1ccc2ccccc2c1)C(=O)Nc1ccc(OC)cc1. The Morgan fingerprint density at radius 3 is 2.32 bits per heavy atom. The molecule has 4 heteroatoms. The number of ether oxygens (including phenoxy) is 2. The molecule has 3 rings (SSSR count). The van der Waals surface area contributed by atoms with Gasteiger partial charge in [0.15, 0.2) is 6.10 Å². The van der Waals surface area contributed by atoms with Crippen LogP contribution in [0.25, 0.3) is 10.8 Å². The zero-order valence-corrected chi connectivity index (χ0v) is 14.4. The molecule has 0 heterocycles. The number of hydrogen-bond acceptors (Lipinski definition) is 3. The number of carbonyl (C=O) groups is 1. The van der Waals surface area contributed by atoms with E-state index in [9.17, 15) is 4.79 Å². The van der Waals surface area contributed by atoms with Gasteiger partial charge in [0.1, 0.15) is 11.5 Å². The van der Waals surface area contributed by atoms with Crippen molar-refractivity contribution in [2.24, 2.45) is 0 Å². The third-order valence-corrected chi connectivity index (χ3v) is 4.02. The van der Waals surface area contributed by atoms with Crippen molar-refractivity contribution in [2.45, 2.75) is 19.4 Å². The molecule has 0 aliphatic carbocycles. The normalized spacial score (nSPS) is 11.8. The molecule has 1 N–H and O–H groups in total. The van der Waals surface area contributed by atoms with Gasteiger partial charge in [-0.3, -0.25) is 4.79 Å². The summed E-state index contributed by atoms with van der Waals surface area (Å²) in [7, 11) is 1.61. The van der Waals surface area contributed by atoms with E-state index >= 15 is 0 Å². The second-order valence-electron chi connectivity index (χ2n) is 5.74. The fraction of sp³-hybridized carbons (Fsp3) is 0.190. The van der Waals surface area contributed by atoms with E-state index in [1.807, 2.05) is 49.4 Å². The third-order valence-electron chi connectivity index (χ3n) is 4.02. The van der Waals surface area contributed by atoms with Crippen LogP contribution in [-0.4, -0.2) is 19.1 Å². The monoisotopic (exact) mass is 335 g/mol. The van der Waals surface area contributed by atoms with E-state index < -0.39 is 6.10 Å². The summed E-state index contributed by atoms with van der Waals surface area (Å²) in [6.07, 6.45) is 0.0257. The average molecular weight is 335 g/mol. The molecule has 1 atom stereocenters. The van der Waals surface area contributed by atoms with Gasteiger partial charge in [-0.2, -0.15) is 0 Å². The van der Waals surface area contributed by atoms with Crippen molar-refractivity contribution in [1.82, 2.24) is 0 Å². The van der Waals surface area contributed by atoms with Crippen LogP contribution in [0.15, 0.2) is 66.7 Å². The molecule has 0 saturated carbocycles. The molecular weight excluding hydrogens is 314 g/mol. The summed E-state index contributed by atoms with van der Waals surface area (Å²) in [6, 6.07) is 21.1. The minimum absolute atomic E-state index is 0.166. The lowest BCUT2D eigenvalue weighted by molar-refractivity contribution is -0.122. The van der Waals surface area contributed by atoms with Crippen LogP contribution in [-0.2, 0) is 4.79 Å². The summed E-state index contributed by atoms with van der Waals surface area (Å²) in [5.74, 6) is 1.27. The number of carbonyl (C=O) groups excluding carboxylic acids is 1. The zero-order valence-electron chi connectivity index (χ0n) is 14.4. The van der Waals surface area contributed by atoms with E-state index in [2.05, 4.69) is 5.32 Å². The van der Waals surface area contributed by atoms with Gasteiger partial charge in [-0.1, -0.05) is 37.3 Å². The Hall–Kier alpha value is -3.01. The molecule has 1 unspecified atom stereocenters. The van der Waals surface area contributed by atoms with Crippen LogP contribution in [0.1, 0.15) is 13.3 Å². The Morgan fingerprint density at radius 1 is 0.960 bits per heavy atom. The molecule has 0 fully saturated rings. The Kier molecular flexibility index (Phi) is 5.19. The van der Waals surface area contributed by atoms with E-state index in [4.69, 9.17) is 9.47 Å². The van der Waals surface area contributed by atoms with Crippen molar-refractivity contribution >= 4 is 22.4 Å². The molecule has 0 bridgehead atoms. The van der Waals surface area contributed by atoms with Crippen LogP contribution < -0.4 is 14.8 Å². The van der Waals surface area contributed by atoms with Gasteiger partial charge in [0.25, 0.3) is 5.91 Å². The lowest BCUT2D eigenvalue weighted by atomic mass is 10.1. The van der Waals surface area contributed by atoms with Crippen LogP contribution in [0.5, 0.6) is 11.5 Å². The van der Waals surface area contributed by atoms with Gasteiger partial charge in [-0.25, -0.2) is 0 Å². The van der Waals surface area contributed by atoms with E-state index in [-0.39, 0.29) is 5.91 Å². The molecule has 0 aliphatic rings. The molecule has 0 spiro atoms. The largest absolute Gasteiger partial charge is 0.497 e. The molecule has 3 aromatic rings. The second kappa shape index (κ2) is 7.71. The second-order valence-corrected chi connectivity index (χ2v) is 5.74. The molecule has 4 nitrogen and oxygen atoms in total. The molecule has 128 valence electrons. The topological polar surface area (TPSA) is 47.6 Å². The van der Waals surface area contributed by atoms with Crippen LogP contribution in [0.4, 0.5) is 5.69 Å². The predicted octanol–water partition coefficient (Wildman–Crippen LogP) is 4.64. The number of benzene rings is 3. The van der Waals surface area contributed by atoms with Crippen LogP contribution in [0, 0.1) is 0 Å².